The van der Waals surface area contributed by atoms with E-state index in [9.17, 15) is 13.2 Å². The summed E-state index contributed by atoms with van der Waals surface area (Å²) in [6, 6.07) is 13.2. The highest BCUT2D eigenvalue weighted by molar-refractivity contribution is 7.89. The lowest BCUT2D eigenvalue weighted by atomic mass is 10.2. The van der Waals surface area contributed by atoms with Crippen molar-refractivity contribution in [3.63, 3.8) is 0 Å². The standard InChI is InChI=1S/C21H19Cl2N3O4S/c1-30-16-4-7-18-14(12-16)2-6-19(24-18)21(27)25-8-10-26(11-9-25)31(28,29)20-13-15(22)3-5-17(20)23/h2-7,12-13H,8-11H2,1H3. The van der Waals surface area contributed by atoms with Crippen LogP contribution in [-0.2, 0) is 10.0 Å². The molecule has 0 atom stereocenters. The number of halogens is 2. The zero-order chi connectivity index (χ0) is 22.2. The summed E-state index contributed by atoms with van der Waals surface area (Å²) in [5.74, 6) is 0.473. The molecule has 1 aliphatic heterocycles. The molecule has 0 unspecified atom stereocenters. The first-order valence-corrected chi connectivity index (χ1v) is 11.7. The van der Waals surface area contributed by atoms with E-state index in [4.69, 9.17) is 27.9 Å². The summed E-state index contributed by atoms with van der Waals surface area (Å²) >= 11 is 12.0. The lowest BCUT2D eigenvalue weighted by Gasteiger charge is -2.34. The fourth-order valence-electron chi connectivity index (χ4n) is 3.46. The summed E-state index contributed by atoms with van der Waals surface area (Å²) in [6.07, 6.45) is 0. The third-order valence-electron chi connectivity index (χ3n) is 5.15. The Morgan fingerprint density at radius 3 is 2.45 bits per heavy atom. The Morgan fingerprint density at radius 1 is 1.00 bits per heavy atom. The molecule has 0 N–H and O–H groups in total. The Labute approximate surface area is 190 Å². The highest BCUT2D eigenvalue weighted by atomic mass is 35.5. The summed E-state index contributed by atoms with van der Waals surface area (Å²) in [7, 11) is -2.22. The zero-order valence-electron chi connectivity index (χ0n) is 16.6. The minimum absolute atomic E-state index is 0.0342. The summed E-state index contributed by atoms with van der Waals surface area (Å²) in [5.41, 5.74) is 0.996. The number of fused-ring (bicyclic) bond motifs is 1. The number of aromatic nitrogens is 1. The van der Waals surface area contributed by atoms with Crippen LogP contribution in [0, 0.1) is 0 Å². The quantitative estimate of drug-likeness (QED) is 0.569. The van der Waals surface area contributed by atoms with Gasteiger partial charge in [0, 0.05) is 36.6 Å². The molecule has 3 aromatic rings. The molecule has 4 rings (SSSR count). The van der Waals surface area contributed by atoms with Gasteiger partial charge >= 0.3 is 0 Å². The number of hydrogen-bond acceptors (Lipinski definition) is 5. The molecule has 1 aromatic heterocycles. The van der Waals surface area contributed by atoms with Gasteiger partial charge < -0.3 is 9.64 Å². The van der Waals surface area contributed by atoms with E-state index in [1.165, 1.54) is 22.5 Å². The van der Waals surface area contributed by atoms with E-state index in [1.54, 1.807) is 30.2 Å². The summed E-state index contributed by atoms with van der Waals surface area (Å²) in [5, 5.41) is 1.27. The largest absolute Gasteiger partial charge is 0.497 e. The summed E-state index contributed by atoms with van der Waals surface area (Å²) in [6.45, 7) is 0.806. The minimum Gasteiger partial charge on any atom is -0.497 e. The van der Waals surface area contributed by atoms with E-state index in [0.29, 0.717) is 17.0 Å². The van der Waals surface area contributed by atoms with Crippen LogP contribution in [0.3, 0.4) is 0 Å². The second-order valence-electron chi connectivity index (χ2n) is 7.03. The van der Waals surface area contributed by atoms with Crippen LogP contribution in [0.15, 0.2) is 53.4 Å². The maximum absolute atomic E-state index is 13.0. The first kappa shape index (κ1) is 21.8. The normalized spacial score (nSPS) is 15.3. The van der Waals surface area contributed by atoms with Gasteiger partial charge in [-0.25, -0.2) is 13.4 Å². The van der Waals surface area contributed by atoms with E-state index in [2.05, 4.69) is 4.98 Å². The smallest absolute Gasteiger partial charge is 0.272 e. The van der Waals surface area contributed by atoms with Gasteiger partial charge in [0.25, 0.3) is 5.91 Å². The third kappa shape index (κ3) is 4.34. The summed E-state index contributed by atoms with van der Waals surface area (Å²) < 4.78 is 32.4. The molecule has 0 aliphatic carbocycles. The fourth-order valence-corrected chi connectivity index (χ4v) is 5.62. The first-order chi connectivity index (χ1) is 14.8. The van der Waals surface area contributed by atoms with Crippen LogP contribution in [0.2, 0.25) is 10.0 Å². The highest BCUT2D eigenvalue weighted by Gasteiger charge is 2.32. The molecule has 0 spiro atoms. The van der Waals surface area contributed by atoms with Crippen molar-refractivity contribution in [1.29, 1.82) is 0 Å². The number of pyridine rings is 1. The molecule has 31 heavy (non-hydrogen) atoms. The second-order valence-corrected chi connectivity index (χ2v) is 9.78. The molecule has 1 fully saturated rings. The SMILES string of the molecule is COc1ccc2nc(C(=O)N3CCN(S(=O)(=O)c4cc(Cl)ccc4Cl)CC3)ccc2c1. The van der Waals surface area contributed by atoms with Crippen molar-refractivity contribution in [3.8, 4) is 5.75 Å². The Balaban J connectivity index is 1.49. The van der Waals surface area contributed by atoms with E-state index < -0.39 is 10.0 Å². The van der Waals surface area contributed by atoms with Gasteiger partial charge in [-0.2, -0.15) is 4.31 Å². The number of carbonyl (C=O) groups excluding carboxylic acids is 1. The number of amides is 1. The minimum atomic E-state index is -3.81. The number of piperazine rings is 1. The van der Waals surface area contributed by atoms with Crippen molar-refractivity contribution in [3.05, 3.63) is 64.3 Å². The molecule has 1 aliphatic rings. The Morgan fingerprint density at radius 2 is 1.74 bits per heavy atom. The molecule has 10 heteroatoms. The number of methoxy groups -OCH3 is 1. The maximum atomic E-state index is 13.0. The number of sulfonamides is 1. The van der Waals surface area contributed by atoms with Gasteiger partial charge in [-0.1, -0.05) is 29.3 Å². The van der Waals surface area contributed by atoms with Crippen LogP contribution in [-0.4, -0.2) is 61.8 Å². The predicted molar refractivity (Wildman–Crippen MR) is 119 cm³/mol. The fraction of sp³-hybridized carbons (Fsp3) is 0.238. The Bertz CT molecular complexity index is 1260. The number of carbonyl (C=O) groups is 1. The van der Waals surface area contributed by atoms with Crippen molar-refractivity contribution < 1.29 is 17.9 Å². The molecule has 162 valence electrons. The Kier molecular flexibility index (Phi) is 6.07. The van der Waals surface area contributed by atoms with E-state index in [1.807, 2.05) is 12.1 Å². The average molecular weight is 480 g/mol. The van der Waals surface area contributed by atoms with Gasteiger partial charge in [0.05, 0.1) is 17.6 Å². The lowest BCUT2D eigenvalue weighted by molar-refractivity contribution is 0.0692. The molecular formula is C21H19Cl2N3O4S. The highest BCUT2D eigenvalue weighted by Crippen LogP contribution is 2.28. The first-order valence-electron chi connectivity index (χ1n) is 9.49. The van der Waals surface area contributed by atoms with Gasteiger partial charge in [0.15, 0.2) is 0 Å². The van der Waals surface area contributed by atoms with Crippen LogP contribution < -0.4 is 4.74 Å². The van der Waals surface area contributed by atoms with Crippen LogP contribution >= 0.6 is 23.2 Å². The van der Waals surface area contributed by atoms with Gasteiger partial charge in [0.1, 0.15) is 16.3 Å². The van der Waals surface area contributed by atoms with Crippen LogP contribution in [0.1, 0.15) is 10.5 Å². The molecule has 0 bridgehead atoms. The topological polar surface area (TPSA) is 79.8 Å². The zero-order valence-corrected chi connectivity index (χ0v) is 18.9. The van der Waals surface area contributed by atoms with Crippen molar-refractivity contribution in [2.24, 2.45) is 0 Å². The van der Waals surface area contributed by atoms with Crippen molar-refractivity contribution >= 4 is 50.0 Å². The van der Waals surface area contributed by atoms with Crippen molar-refractivity contribution in [1.82, 2.24) is 14.2 Å². The van der Waals surface area contributed by atoms with Crippen LogP contribution in [0.25, 0.3) is 10.9 Å². The molecule has 1 amide bonds. The molecule has 7 nitrogen and oxygen atoms in total. The van der Waals surface area contributed by atoms with Crippen LogP contribution in [0.4, 0.5) is 0 Å². The number of rotatable bonds is 4. The average Bonchev–Trinajstić information content (AvgIpc) is 2.79. The number of nitrogens with zero attached hydrogens (tertiary/aromatic N) is 3. The Hall–Kier alpha value is -2.39. The van der Waals surface area contributed by atoms with Crippen molar-refractivity contribution in [2.45, 2.75) is 4.90 Å². The third-order valence-corrected chi connectivity index (χ3v) is 7.77. The van der Waals surface area contributed by atoms with E-state index >= 15 is 0 Å². The predicted octanol–water partition coefficient (Wildman–Crippen LogP) is 3.70. The maximum Gasteiger partial charge on any atom is 0.272 e. The molecule has 2 heterocycles. The number of ether oxygens (including phenoxy) is 1. The lowest BCUT2D eigenvalue weighted by Crippen LogP contribution is -2.50. The van der Waals surface area contributed by atoms with Gasteiger partial charge in [-0.3, -0.25) is 4.79 Å². The number of hydrogen-bond donors (Lipinski definition) is 0. The van der Waals surface area contributed by atoms with Gasteiger partial charge in [0.2, 0.25) is 10.0 Å². The van der Waals surface area contributed by atoms with Crippen molar-refractivity contribution in [2.75, 3.05) is 33.3 Å². The monoisotopic (exact) mass is 479 g/mol. The molecule has 2 aromatic carbocycles. The van der Waals surface area contributed by atoms with E-state index in [0.717, 1.165) is 5.39 Å². The second kappa shape index (κ2) is 8.63. The molecule has 1 saturated heterocycles. The molecule has 0 saturated carbocycles. The summed E-state index contributed by atoms with van der Waals surface area (Å²) in [4.78, 5) is 18.9. The molecular weight excluding hydrogens is 461 g/mol. The van der Waals surface area contributed by atoms with Gasteiger partial charge in [-0.05, 0) is 42.5 Å². The van der Waals surface area contributed by atoms with E-state index in [-0.39, 0.29) is 47.0 Å². The van der Waals surface area contributed by atoms with Crippen LogP contribution in [0.5, 0.6) is 5.75 Å². The number of benzene rings is 2. The van der Waals surface area contributed by atoms with Gasteiger partial charge in [-0.15, -0.1) is 0 Å². The molecule has 0 radical (unpaired) electrons.